The zero-order valence-corrected chi connectivity index (χ0v) is 26.3. The highest BCUT2D eigenvalue weighted by molar-refractivity contribution is 7.92. The van der Waals surface area contributed by atoms with E-state index in [1.165, 1.54) is 30.2 Å². The molecule has 0 saturated carbocycles. The van der Waals surface area contributed by atoms with Crippen molar-refractivity contribution in [1.29, 1.82) is 0 Å². The standard InChI is InChI=1S/C31H38ClN3O6S/c1-31(2,3)33-30(37)27(18-22-11-8-7-9-12-22)34(20-23-13-10-14-25(17-23)40-4)29(36)21-35(42(6,38)39)24-15-16-28(41-5)26(32)19-24/h7-17,19,27H,18,20-21H2,1-6H3,(H,33,37)/t27-/m0/s1. The van der Waals surface area contributed by atoms with Crippen LogP contribution in [-0.4, -0.2) is 63.7 Å². The summed E-state index contributed by atoms with van der Waals surface area (Å²) in [5.41, 5.74) is 1.17. The van der Waals surface area contributed by atoms with Gasteiger partial charge < -0.3 is 19.7 Å². The van der Waals surface area contributed by atoms with Crippen LogP contribution >= 0.6 is 11.6 Å². The van der Waals surface area contributed by atoms with Crippen LogP contribution in [0.4, 0.5) is 5.69 Å². The maximum Gasteiger partial charge on any atom is 0.244 e. The molecule has 42 heavy (non-hydrogen) atoms. The molecule has 0 radical (unpaired) electrons. The Morgan fingerprint density at radius 2 is 1.60 bits per heavy atom. The third-order valence-corrected chi connectivity index (χ3v) is 7.79. The molecule has 0 aromatic heterocycles. The minimum atomic E-state index is -3.93. The quantitative estimate of drug-likeness (QED) is 0.317. The minimum Gasteiger partial charge on any atom is -0.497 e. The predicted octanol–water partition coefficient (Wildman–Crippen LogP) is 4.68. The molecule has 0 bridgehead atoms. The van der Waals surface area contributed by atoms with Crippen molar-refractivity contribution in [2.75, 3.05) is 31.3 Å². The van der Waals surface area contributed by atoms with E-state index in [-0.39, 0.29) is 29.6 Å². The predicted molar refractivity (Wildman–Crippen MR) is 166 cm³/mol. The van der Waals surface area contributed by atoms with Crippen molar-refractivity contribution in [2.45, 2.75) is 45.3 Å². The lowest BCUT2D eigenvalue weighted by molar-refractivity contribution is -0.140. The fourth-order valence-electron chi connectivity index (χ4n) is 4.40. The van der Waals surface area contributed by atoms with E-state index < -0.39 is 34.1 Å². The van der Waals surface area contributed by atoms with Gasteiger partial charge in [0.2, 0.25) is 21.8 Å². The number of ether oxygens (including phenoxy) is 2. The second-order valence-electron chi connectivity index (χ2n) is 10.9. The van der Waals surface area contributed by atoms with Gasteiger partial charge in [-0.15, -0.1) is 0 Å². The topological polar surface area (TPSA) is 105 Å². The summed E-state index contributed by atoms with van der Waals surface area (Å²) in [5, 5.41) is 3.19. The number of benzene rings is 3. The Morgan fingerprint density at radius 1 is 0.929 bits per heavy atom. The first-order chi connectivity index (χ1) is 19.7. The average Bonchev–Trinajstić information content (AvgIpc) is 2.92. The maximum absolute atomic E-state index is 14.2. The van der Waals surface area contributed by atoms with Crippen LogP contribution in [0.1, 0.15) is 31.9 Å². The lowest BCUT2D eigenvalue weighted by Crippen LogP contribution is -2.56. The van der Waals surface area contributed by atoms with Crippen molar-refractivity contribution in [2.24, 2.45) is 0 Å². The van der Waals surface area contributed by atoms with Gasteiger partial charge in [-0.1, -0.05) is 54.1 Å². The maximum atomic E-state index is 14.2. The summed E-state index contributed by atoms with van der Waals surface area (Å²) in [7, 11) is -0.942. The van der Waals surface area contributed by atoms with Gasteiger partial charge >= 0.3 is 0 Å². The summed E-state index contributed by atoms with van der Waals surface area (Å²) in [6.45, 7) is 5.05. The van der Waals surface area contributed by atoms with Crippen molar-refractivity contribution in [1.82, 2.24) is 10.2 Å². The van der Waals surface area contributed by atoms with Crippen LogP contribution < -0.4 is 19.1 Å². The van der Waals surface area contributed by atoms with Gasteiger partial charge in [-0.2, -0.15) is 0 Å². The number of halogens is 1. The SMILES string of the molecule is COc1cccc(CN(C(=O)CN(c2ccc(OC)c(Cl)c2)S(C)(=O)=O)[C@@H](Cc2ccccc2)C(=O)NC(C)(C)C)c1. The van der Waals surface area contributed by atoms with E-state index in [0.717, 1.165) is 16.1 Å². The van der Waals surface area contributed by atoms with E-state index in [1.54, 1.807) is 25.3 Å². The zero-order chi connectivity index (χ0) is 31.1. The molecule has 3 rings (SSSR count). The van der Waals surface area contributed by atoms with Gasteiger partial charge in [-0.3, -0.25) is 13.9 Å². The summed E-state index contributed by atoms with van der Waals surface area (Å²) in [6.07, 6.45) is 1.23. The number of anilines is 1. The Hall–Kier alpha value is -3.76. The first-order valence-corrected chi connectivity index (χ1v) is 15.5. The number of amides is 2. The Kier molecular flexibility index (Phi) is 10.9. The molecule has 0 fully saturated rings. The molecule has 226 valence electrons. The van der Waals surface area contributed by atoms with Crippen LogP contribution in [0.5, 0.6) is 11.5 Å². The molecule has 0 aliphatic heterocycles. The molecule has 0 spiro atoms. The molecular weight excluding hydrogens is 578 g/mol. The number of carbonyl (C=O) groups excluding carboxylic acids is 2. The second kappa shape index (κ2) is 13.9. The van der Waals surface area contributed by atoms with Crippen molar-refractivity contribution in [3.05, 3.63) is 88.9 Å². The van der Waals surface area contributed by atoms with Gasteiger partial charge in [-0.05, 0) is 62.2 Å². The minimum absolute atomic E-state index is 0.0338. The average molecular weight is 616 g/mol. The van der Waals surface area contributed by atoms with Gasteiger partial charge in [-0.25, -0.2) is 8.42 Å². The van der Waals surface area contributed by atoms with E-state index in [1.807, 2.05) is 57.2 Å². The normalized spacial score (nSPS) is 12.3. The zero-order valence-electron chi connectivity index (χ0n) is 24.8. The Bertz CT molecular complexity index is 1490. The molecule has 1 atom stereocenters. The molecule has 0 aliphatic rings. The number of hydrogen-bond acceptors (Lipinski definition) is 6. The number of methoxy groups -OCH3 is 2. The van der Waals surface area contributed by atoms with Gasteiger partial charge in [0.15, 0.2) is 0 Å². The summed E-state index contributed by atoms with van der Waals surface area (Å²) in [4.78, 5) is 29.4. The number of sulfonamides is 1. The fraction of sp³-hybridized carbons (Fsp3) is 0.355. The van der Waals surface area contributed by atoms with Crippen LogP contribution in [0.25, 0.3) is 0 Å². The van der Waals surface area contributed by atoms with Crippen molar-refractivity contribution >= 4 is 39.1 Å². The van der Waals surface area contributed by atoms with E-state index in [9.17, 15) is 18.0 Å². The first kappa shape index (κ1) is 32.8. The molecule has 0 heterocycles. The lowest BCUT2D eigenvalue weighted by atomic mass is 10.0. The molecule has 1 N–H and O–H groups in total. The van der Waals surface area contributed by atoms with Crippen molar-refractivity contribution in [3.8, 4) is 11.5 Å². The summed E-state index contributed by atoms with van der Waals surface area (Å²) >= 11 is 6.30. The highest BCUT2D eigenvalue weighted by atomic mass is 35.5. The summed E-state index contributed by atoms with van der Waals surface area (Å²) in [6, 6.07) is 20.0. The van der Waals surface area contributed by atoms with Crippen LogP contribution in [-0.2, 0) is 32.6 Å². The van der Waals surface area contributed by atoms with Gasteiger partial charge in [0.1, 0.15) is 24.1 Å². The molecule has 0 aliphatic carbocycles. The van der Waals surface area contributed by atoms with Crippen LogP contribution in [0.2, 0.25) is 5.02 Å². The van der Waals surface area contributed by atoms with E-state index in [2.05, 4.69) is 5.32 Å². The van der Waals surface area contributed by atoms with Gasteiger partial charge in [0.05, 0.1) is 31.2 Å². The molecule has 0 saturated heterocycles. The first-order valence-electron chi connectivity index (χ1n) is 13.3. The highest BCUT2D eigenvalue weighted by Gasteiger charge is 2.34. The van der Waals surface area contributed by atoms with Crippen LogP contribution in [0.15, 0.2) is 72.8 Å². The largest absolute Gasteiger partial charge is 0.497 e. The lowest BCUT2D eigenvalue weighted by Gasteiger charge is -2.35. The van der Waals surface area contributed by atoms with E-state index in [4.69, 9.17) is 21.1 Å². The highest BCUT2D eigenvalue weighted by Crippen LogP contribution is 2.30. The van der Waals surface area contributed by atoms with Gasteiger partial charge in [0.25, 0.3) is 0 Å². The van der Waals surface area contributed by atoms with Crippen LogP contribution in [0, 0.1) is 0 Å². The number of hydrogen-bond donors (Lipinski definition) is 1. The molecular formula is C31H38ClN3O6S. The molecule has 3 aromatic rings. The summed E-state index contributed by atoms with van der Waals surface area (Å²) < 4.78 is 37.5. The third-order valence-electron chi connectivity index (χ3n) is 6.36. The number of nitrogens with zero attached hydrogens (tertiary/aromatic N) is 2. The smallest absolute Gasteiger partial charge is 0.244 e. The molecule has 9 nitrogen and oxygen atoms in total. The monoisotopic (exact) mass is 615 g/mol. The third kappa shape index (κ3) is 9.12. The molecule has 0 unspecified atom stereocenters. The van der Waals surface area contributed by atoms with Crippen molar-refractivity contribution < 1.29 is 27.5 Å². The molecule has 11 heteroatoms. The molecule has 3 aromatic carbocycles. The van der Waals surface area contributed by atoms with E-state index >= 15 is 0 Å². The number of nitrogens with one attached hydrogen (secondary N) is 1. The number of rotatable bonds is 12. The molecule has 2 amide bonds. The van der Waals surface area contributed by atoms with Gasteiger partial charge in [0, 0.05) is 18.5 Å². The van der Waals surface area contributed by atoms with Crippen LogP contribution in [0.3, 0.4) is 0 Å². The Labute approximate surface area is 253 Å². The Morgan fingerprint density at radius 3 is 2.17 bits per heavy atom. The number of carbonyl (C=O) groups is 2. The van der Waals surface area contributed by atoms with E-state index in [0.29, 0.717) is 17.1 Å². The summed E-state index contributed by atoms with van der Waals surface area (Å²) in [5.74, 6) is 0.0204. The second-order valence-corrected chi connectivity index (χ2v) is 13.2. The van der Waals surface area contributed by atoms with Crippen molar-refractivity contribution in [3.63, 3.8) is 0 Å². The Balaban J connectivity index is 2.10. The fourth-order valence-corrected chi connectivity index (χ4v) is 5.49.